The first-order valence-corrected chi connectivity index (χ1v) is 6.29. The van der Waals surface area contributed by atoms with Crippen LogP contribution in [-0.2, 0) is 16.0 Å². The van der Waals surface area contributed by atoms with Crippen LogP contribution in [0.2, 0.25) is 0 Å². The lowest BCUT2D eigenvalue weighted by Gasteiger charge is -1.96. The minimum atomic E-state index is -0.782. The Morgan fingerprint density at radius 3 is 2.00 bits per heavy atom. The molecule has 0 radical (unpaired) electrons. The number of aliphatic carboxylic acids is 1. The number of aromatic hydroxyl groups is 1. The normalized spacial score (nSPS) is 8.67. The summed E-state index contributed by atoms with van der Waals surface area (Å²) in [5.41, 5.74) is 3.13. The standard InChI is InChI=1S/C9H10O2.C7H8O.CH2O/c1-7-3-2-4-8(5-7)6-9(10)11;1-6-2-4-7(8)5-3-6;1-2/h2-5H,6H2,1H3,(H,10,11);2-5,8H,1H3;1H2. The van der Waals surface area contributed by atoms with Gasteiger partial charge in [-0.25, -0.2) is 0 Å². The van der Waals surface area contributed by atoms with Gasteiger partial charge in [0, 0.05) is 0 Å². The highest BCUT2D eigenvalue weighted by Gasteiger charge is 1.98. The Labute approximate surface area is 124 Å². The molecule has 0 saturated heterocycles. The Morgan fingerprint density at radius 1 is 1.00 bits per heavy atom. The van der Waals surface area contributed by atoms with Crippen molar-refractivity contribution in [2.24, 2.45) is 0 Å². The molecule has 0 aliphatic rings. The van der Waals surface area contributed by atoms with E-state index in [4.69, 9.17) is 15.0 Å². The summed E-state index contributed by atoms with van der Waals surface area (Å²) in [4.78, 5) is 18.3. The molecule has 0 heterocycles. The number of hydrogen-bond acceptors (Lipinski definition) is 3. The topological polar surface area (TPSA) is 74.6 Å². The number of phenols is 1. The summed E-state index contributed by atoms with van der Waals surface area (Å²) in [6, 6.07) is 14.6. The highest BCUT2D eigenvalue weighted by molar-refractivity contribution is 5.70. The highest BCUT2D eigenvalue weighted by Crippen LogP contribution is 2.07. The van der Waals surface area contributed by atoms with Gasteiger partial charge in [0.15, 0.2) is 0 Å². The van der Waals surface area contributed by atoms with Crippen LogP contribution in [0.4, 0.5) is 0 Å². The molecule has 0 bridgehead atoms. The number of carboxylic acid groups (broad SMARTS) is 1. The zero-order valence-corrected chi connectivity index (χ0v) is 12.2. The molecule has 21 heavy (non-hydrogen) atoms. The van der Waals surface area contributed by atoms with Crippen LogP contribution in [0.25, 0.3) is 0 Å². The second kappa shape index (κ2) is 10.2. The molecule has 2 N–H and O–H groups in total. The zero-order valence-electron chi connectivity index (χ0n) is 12.2. The van der Waals surface area contributed by atoms with Gasteiger partial charge in [0.05, 0.1) is 6.42 Å². The van der Waals surface area contributed by atoms with E-state index in [9.17, 15) is 4.79 Å². The molecule has 0 aliphatic carbocycles. The molecule has 2 aromatic carbocycles. The quantitative estimate of drug-likeness (QED) is 0.890. The van der Waals surface area contributed by atoms with Crippen LogP contribution < -0.4 is 0 Å². The molecule has 0 atom stereocenters. The average molecular weight is 288 g/mol. The summed E-state index contributed by atoms with van der Waals surface area (Å²) in [5.74, 6) is -0.453. The highest BCUT2D eigenvalue weighted by atomic mass is 16.4. The predicted octanol–water partition coefficient (Wildman–Crippen LogP) is 3.14. The Morgan fingerprint density at radius 2 is 1.57 bits per heavy atom. The molecule has 2 aromatic rings. The van der Waals surface area contributed by atoms with E-state index in [0.29, 0.717) is 5.75 Å². The minimum Gasteiger partial charge on any atom is -0.508 e. The van der Waals surface area contributed by atoms with Gasteiger partial charge in [-0.3, -0.25) is 4.79 Å². The fraction of sp³-hybridized carbons (Fsp3) is 0.176. The predicted molar refractivity (Wildman–Crippen MR) is 82.5 cm³/mol. The summed E-state index contributed by atoms with van der Waals surface area (Å²) in [7, 11) is 0. The summed E-state index contributed by atoms with van der Waals surface area (Å²) in [6.45, 7) is 5.94. The molecule has 0 amide bonds. The number of aryl methyl sites for hydroxylation is 2. The van der Waals surface area contributed by atoms with Crippen molar-refractivity contribution in [1.82, 2.24) is 0 Å². The minimum absolute atomic E-state index is 0.113. The molecular formula is C17H20O4. The van der Waals surface area contributed by atoms with Gasteiger partial charge in [0.2, 0.25) is 0 Å². The SMILES string of the molecule is C=O.Cc1ccc(O)cc1.Cc1cccc(CC(=O)O)c1. The van der Waals surface area contributed by atoms with E-state index in [1.807, 2.05) is 57.0 Å². The van der Waals surface area contributed by atoms with Crippen molar-refractivity contribution in [3.05, 3.63) is 65.2 Å². The van der Waals surface area contributed by atoms with Crippen LogP contribution in [0.3, 0.4) is 0 Å². The number of benzene rings is 2. The van der Waals surface area contributed by atoms with Crippen molar-refractivity contribution in [2.45, 2.75) is 20.3 Å². The van der Waals surface area contributed by atoms with E-state index in [2.05, 4.69) is 0 Å². The largest absolute Gasteiger partial charge is 0.508 e. The van der Waals surface area contributed by atoms with E-state index in [0.717, 1.165) is 11.1 Å². The third-order valence-corrected chi connectivity index (χ3v) is 2.47. The van der Waals surface area contributed by atoms with Crippen LogP contribution in [0.5, 0.6) is 5.75 Å². The molecule has 2 rings (SSSR count). The molecule has 0 unspecified atom stereocenters. The van der Waals surface area contributed by atoms with Crippen molar-refractivity contribution in [2.75, 3.05) is 0 Å². The number of carboxylic acids is 1. The molecule has 4 nitrogen and oxygen atoms in total. The number of rotatable bonds is 2. The Bertz CT molecular complexity index is 526. The first-order valence-electron chi connectivity index (χ1n) is 6.29. The summed E-state index contributed by atoms with van der Waals surface area (Å²) >= 11 is 0. The second-order valence-corrected chi connectivity index (χ2v) is 4.40. The maximum atomic E-state index is 10.3. The molecule has 0 spiro atoms. The molecule has 0 saturated carbocycles. The number of hydrogen-bond donors (Lipinski definition) is 2. The molecule has 0 aliphatic heterocycles. The van der Waals surface area contributed by atoms with Gasteiger partial charge in [-0.15, -0.1) is 0 Å². The van der Waals surface area contributed by atoms with Gasteiger partial charge in [-0.2, -0.15) is 0 Å². The van der Waals surface area contributed by atoms with Crippen LogP contribution in [0.15, 0.2) is 48.5 Å². The maximum absolute atomic E-state index is 10.3. The van der Waals surface area contributed by atoms with E-state index in [-0.39, 0.29) is 6.42 Å². The van der Waals surface area contributed by atoms with E-state index in [1.165, 1.54) is 5.56 Å². The van der Waals surface area contributed by atoms with Crippen molar-refractivity contribution in [3.8, 4) is 5.75 Å². The van der Waals surface area contributed by atoms with Gasteiger partial charge >= 0.3 is 5.97 Å². The van der Waals surface area contributed by atoms with E-state index < -0.39 is 5.97 Å². The van der Waals surface area contributed by atoms with Gasteiger partial charge in [-0.05, 0) is 31.5 Å². The van der Waals surface area contributed by atoms with E-state index in [1.54, 1.807) is 12.1 Å². The number of carbonyl (C=O) groups excluding carboxylic acids is 1. The lowest BCUT2D eigenvalue weighted by Crippen LogP contribution is -1.99. The summed E-state index contributed by atoms with van der Waals surface area (Å²) in [5, 5.41) is 17.2. The van der Waals surface area contributed by atoms with Crippen LogP contribution >= 0.6 is 0 Å². The third kappa shape index (κ3) is 8.99. The van der Waals surface area contributed by atoms with Gasteiger partial charge in [0.25, 0.3) is 0 Å². The summed E-state index contributed by atoms with van der Waals surface area (Å²) < 4.78 is 0. The zero-order chi connectivity index (χ0) is 16.3. The van der Waals surface area contributed by atoms with Crippen LogP contribution in [-0.4, -0.2) is 23.0 Å². The molecule has 112 valence electrons. The molecule has 4 heteroatoms. The van der Waals surface area contributed by atoms with Gasteiger partial charge < -0.3 is 15.0 Å². The first kappa shape index (κ1) is 18.4. The van der Waals surface area contributed by atoms with Crippen molar-refractivity contribution in [3.63, 3.8) is 0 Å². The monoisotopic (exact) mass is 288 g/mol. The lowest BCUT2D eigenvalue weighted by molar-refractivity contribution is -0.136. The van der Waals surface area contributed by atoms with Crippen molar-refractivity contribution in [1.29, 1.82) is 0 Å². The fourth-order valence-corrected chi connectivity index (χ4v) is 1.54. The second-order valence-electron chi connectivity index (χ2n) is 4.40. The molecular weight excluding hydrogens is 268 g/mol. The smallest absolute Gasteiger partial charge is 0.307 e. The Balaban J connectivity index is 0.000000354. The first-order chi connectivity index (χ1) is 9.97. The third-order valence-electron chi connectivity index (χ3n) is 2.47. The Hall–Kier alpha value is -2.62. The molecule has 0 fully saturated rings. The van der Waals surface area contributed by atoms with Crippen molar-refractivity contribution >= 4 is 12.8 Å². The molecule has 0 aromatic heterocycles. The summed E-state index contributed by atoms with van der Waals surface area (Å²) in [6.07, 6.45) is 0.113. The Kier molecular flexibility index (Phi) is 8.93. The van der Waals surface area contributed by atoms with Crippen LogP contribution in [0.1, 0.15) is 16.7 Å². The van der Waals surface area contributed by atoms with Crippen molar-refractivity contribution < 1.29 is 19.8 Å². The van der Waals surface area contributed by atoms with Gasteiger partial charge in [0.1, 0.15) is 12.5 Å². The van der Waals surface area contributed by atoms with Crippen LogP contribution in [0, 0.1) is 13.8 Å². The number of carbonyl (C=O) groups is 2. The van der Waals surface area contributed by atoms with Gasteiger partial charge in [-0.1, -0.05) is 47.5 Å². The van der Waals surface area contributed by atoms with E-state index >= 15 is 0 Å². The number of phenolic OH excluding ortho intramolecular Hbond substituents is 1. The fourth-order valence-electron chi connectivity index (χ4n) is 1.54. The maximum Gasteiger partial charge on any atom is 0.307 e. The average Bonchev–Trinajstić information content (AvgIpc) is 2.44. The lowest BCUT2D eigenvalue weighted by atomic mass is 10.1.